The van der Waals surface area contributed by atoms with Crippen LogP contribution in [0.4, 0.5) is 8.78 Å². The molecular formula is C41H52F2O10. The number of carbonyl (C=O) groups excluding carboxylic acids is 5. The molecule has 12 bridgehead atoms. The van der Waals surface area contributed by atoms with Crippen LogP contribution in [-0.4, -0.2) is 79.6 Å². The normalized spacial score (nSPS) is 49.8. The summed E-state index contributed by atoms with van der Waals surface area (Å²) in [5.74, 6) is -3.13. The van der Waals surface area contributed by atoms with Crippen molar-refractivity contribution in [3.05, 3.63) is 0 Å². The minimum Gasteiger partial charge on any atom is -0.462 e. The Morgan fingerprint density at radius 2 is 1.02 bits per heavy atom. The van der Waals surface area contributed by atoms with Crippen molar-refractivity contribution in [1.29, 1.82) is 0 Å². The van der Waals surface area contributed by atoms with Crippen LogP contribution in [-0.2, 0) is 47.7 Å². The first-order valence-electron chi connectivity index (χ1n) is 20.4. The molecule has 13 aliphatic rings. The number of hydrogen-bond acceptors (Lipinski definition) is 10. The van der Waals surface area contributed by atoms with Crippen LogP contribution in [0.2, 0.25) is 0 Å². The van der Waals surface area contributed by atoms with Gasteiger partial charge >= 0.3 is 17.9 Å². The van der Waals surface area contributed by atoms with E-state index < -0.39 is 45.9 Å². The zero-order valence-corrected chi connectivity index (χ0v) is 30.7. The van der Waals surface area contributed by atoms with E-state index in [4.69, 9.17) is 23.7 Å². The lowest BCUT2D eigenvalue weighted by Crippen LogP contribution is -2.70. The zero-order valence-electron chi connectivity index (χ0n) is 30.7. The number of Topliss-reactive ketones (excluding diaryl/α,β-unsaturated/α-hetero) is 2. The van der Waals surface area contributed by atoms with Crippen LogP contribution in [0.3, 0.4) is 0 Å². The second-order valence-corrected chi connectivity index (χ2v) is 20.2. The van der Waals surface area contributed by atoms with E-state index in [0.29, 0.717) is 68.3 Å². The number of halogens is 2. The van der Waals surface area contributed by atoms with Crippen LogP contribution < -0.4 is 0 Å². The molecule has 6 atom stereocenters. The van der Waals surface area contributed by atoms with Crippen molar-refractivity contribution in [1.82, 2.24) is 0 Å². The zero-order chi connectivity index (χ0) is 36.8. The molecule has 0 aromatic rings. The maximum absolute atomic E-state index is 14.0. The summed E-state index contributed by atoms with van der Waals surface area (Å²) in [5, 5.41) is 0. The van der Waals surface area contributed by atoms with Crippen molar-refractivity contribution in [3.63, 3.8) is 0 Å². The maximum Gasteiger partial charge on any atom is 0.312 e. The molecule has 13 fully saturated rings. The highest BCUT2D eigenvalue weighted by Gasteiger charge is 2.68. The molecule has 12 heteroatoms. The highest BCUT2D eigenvalue weighted by atomic mass is 19.3. The number of alkyl halides is 2. The number of hydrogen-bond donors (Lipinski definition) is 0. The van der Waals surface area contributed by atoms with E-state index in [1.807, 2.05) is 0 Å². The molecule has 0 amide bonds. The molecule has 13 rings (SSSR count). The summed E-state index contributed by atoms with van der Waals surface area (Å²) in [6.07, 6.45) is 10.2. The molecule has 53 heavy (non-hydrogen) atoms. The lowest BCUT2D eigenvalue weighted by molar-refractivity contribution is -0.321. The van der Waals surface area contributed by atoms with Crippen LogP contribution in [0.1, 0.15) is 103 Å². The van der Waals surface area contributed by atoms with Crippen molar-refractivity contribution in [2.45, 2.75) is 120 Å². The van der Waals surface area contributed by atoms with Crippen LogP contribution in [0, 0.1) is 69.5 Å². The molecule has 0 N–H and O–H groups in total. The molecule has 1 saturated heterocycles. The molecule has 290 valence electrons. The Morgan fingerprint density at radius 1 is 0.604 bits per heavy atom. The third kappa shape index (κ3) is 5.36. The molecule has 12 aliphatic carbocycles. The van der Waals surface area contributed by atoms with Crippen molar-refractivity contribution in [3.8, 4) is 0 Å². The molecule has 10 nitrogen and oxygen atoms in total. The first kappa shape index (κ1) is 35.0. The van der Waals surface area contributed by atoms with E-state index >= 15 is 0 Å². The maximum atomic E-state index is 14.0. The van der Waals surface area contributed by atoms with Crippen molar-refractivity contribution < 1.29 is 56.4 Å². The molecule has 12 saturated carbocycles. The van der Waals surface area contributed by atoms with Gasteiger partial charge in [-0.2, -0.15) is 0 Å². The van der Waals surface area contributed by atoms with E-state index in [-0.39, 0.29) is 79.8 Å². The van der Waals surface area contributed by atoms with Gasteiger partial charge in [0.1, 0.15) is 24.8 Å². The number of esters is 3. The highest BCUT2D eigenvalue weighted by Crippen LogP contribution is 2.66. The molecular weight excluding hydrogens is 690 g/mol. The third-order valence-electron chi connectivity index (χ3n) is 16.5. The molecule has 1 heterocycles. The molecule has 6 unspecified atom stereocenters. The van der Waals surface area contributed by atoms with Crippen LogP contribution in [0.25, 0.3) is 0 Å². The van der Waals surface area contributed by atoms with Crippen molar-refractivity contribution in [2.24, 2.45) is 69.5 Å². The number of rotatable bonds is 9. The minimum absolute atomic E-state index is 0.0173. The van der Waals surface area contributed by atoms with Gasteiger partial charge in [-0.3, -0.25) is 24.0 Å². The molecule has 0 aromatic heterocycles. The predicted octanol–water partition coefficient (Wildman–Crippen LogP) is 5.41. The van der Waals surface area contributed by atoms with Gasteiger partial charge in [-0.15, -0.1) is 0 Å². The van der Waals surface area contributed by atoms with Gasteiger partial charge in [0, 0.05) is 30.6 Å². The summed E-state index contributed by atoms with van der Waals surface area (Å²) < 4.78 is 58.6. The van der Waals surface area contributed by atoms with Gasteiger partial charge in [-0.1, -0.05) is 0 Å². The molecule has 1 aliphatic heterocycles. The van der Waals surface area contributed by atoms with E-state index in [2.05, 4.69) is 0 Å². The van der Waals surface area contributed by atoms with E-state index in [1.165, 1.54) is 0 Å². The van der Waals surface area contributed by atoms with Gasteiger partial charge in [0.05, 0.1) is 35.1 Å². The Hall–Kier alpha value is -2.47. The standard InChI is InChI=1S/C41H52F2O10/c1-36(42,43)17-49-35(48)39-10-24-6-29(15-39)41(30(7-24)16-39)21-52-40(20-53-41,18-50-33(46)37-8-22-2-25(11-37)31(44)26(3-22)12-37)19-51-34(47)38-9-23-4-27(13-38)32(45)28(5-23)14-38/h22-30H,2-21H2,1H3. The second-order valence-electron chi connectivity index (χ2n) is 20.2. The van der Waals surface area contributed by atoms with E-state index in [1.54, 1.807) is 0 Å². The van der Waals surface area contributed by atoms with Crippen molar-refractivity contribution in [2.75, 3.05) is 33.0 Å². The Balaban J connectivity index is 0.868. The minimum atomic E-state index is -3.10. The average molecular weight is 743 g/mol. The third-order valence-corrected chi connectivity index (χ3v) is 16.5. The first-order valence-corrected chi connectivity index (χ1v) is 20.4. The van der Waals surface area contributed by atoms with Crippen LogP contribution >= 0.6 is 0 Å². The Bertz CT molecular complexity index is 1500. The largest absolute Gasteiger partial charge is 0.462 e. The van der Waals surface area contributed by atoms with Gasteiger partial charge in [-0.25, -0.2) is 8.78 Å². The average Bonchev–Trinajstić information content (AvgIpc) is 3.11. The smallest absolute Gasteiger partial charge is 0.312 e. The summed E-state index contributed by atoms with van der Waals surface area (Å²) in [7, 11) is 0. The topological polar surface area (TPSA) is 132 Å². The van der Waals surface area contributed by atoms with E-state index in [9.17, 15) is 32.8 Å². The second kappa shape index (κ2) is 11.5. The summed E-state index contributed by atoms with van der Waals surface area (Å²) >= 11 is 0. The fourth-order valence-corrected chi connectivity index (χ4v) is 14.6. The van der Waals surface area contributed by atoms with Gasteiger partial charge in [0.2, 0.25) is 0 Å². The quantitative estimate of drug-likeness (QED) is 0.223. The van der Waals surface area contributed by atoms with Gasteiger partial charge in [0.15, 0.2) is 12.2 Å². The van der Waals surface area contributed by atoms with Crippen molar-refractivity contribution >= 4 is 29.5 Å². The fraction of sp³-hybridized carbons (Fsp3) is 0.878. The molecule has 0 aromatic carbocycles. The molecule has 0 radical (unpaired) electrons. The van der Waals surface area contributed by atoms with Crippen LogP contribution in [0.5, 0.6) is 0 Å². The summed E-state index contributed by atoms with van der Waals surface area (Å²) in [5.41, 5.74) is -4.14. The number of ketones is 2. The van der Waals surface area contributed by atoms with Crippen LogP contribution in [0.15, 0.2) is 0 Å². The van der Waals surface area contributed by atoms with Gasteiger partial charge in [0.25, 0.3) is 5.92 Å². The lowest BCUT2D eigenvalue weighted by Gasteiger charge is -2.65. The van der Waals surface area contributed by atoms with Gasteiger partial charge in [-0.05, 0) is 126 Å². The molecule has 1 spiro atoms. The summed E-state index contributed by atoms with van der Waals surface area (Å²) in [6, 6.07) is 0. The summed E-state index contributed by atoms with van der Waals surface area (Å²) in [4.78, 5) is 67.1. The number of carbonyl (C=O) groups is 5. The fourth-order valence-electron chi connectivity index (χ4n) is 14.6. The first-order chi connectivity index (χ1) is 25.1. The summed E-state index contributed by atoms with van der Waals surface area (Å²) in [6.45, 7) is -0.328. The SMILES string of the molecule is CC(F)(F)COC(=O)C12CC3CC(C1)C1(COC(COC(=O)C45CC6CC(C4)C(=O)C(C6)C5)(COC(=O)C45CC6CC(C4)C(=O)C(C6)C5)CO1)C(C3)C2. The Morgan fingerprint density at radius 3 is 1.43 bits per heavy atom. The van der Waals surface area contributed by atoms with E-state index in [0.717, 1.165) is 58.3 Å². The Kier molecular flexibility index (Phi) is 7.62. The monoisotopic (exact) mass is 742 g/mol. The highest BCUT2D eigenvalue weighted by molar-refractivity contribution is 5.90. The predicted molar refractivity (Wildman–Crippen MR) is 179 cm³/mol. The Labute approximate surface area is 308 Å². The lowest BCUT2D eigenvalue weighted by atomic mass is 9.44. The number of ether oxygens (including phenoxy) is 5. The van der Waals surface area contributed by atoms with Gasteiger partial charge < -0.3 is 23.7 Å².